The predicted octanol–water partition coefficient (Wildman–Crippen LogP) is 2.12. The topological polar surface area (TPSA) is 47.9 Å². The van der Waals surface area contributed by atoms with E-state index in [1.165, 1.54) is 6.42 Å². The van der Waals surface area contributed by atoms with Gasteiger partial charge in [-0.1, -0.05) is 11.8 Å². The normalized spacial score (nSPS) is 17.9. The molecule has 0 radical (unpaired) electrons. The Kier molecular flexibility index (Phi) is 6.55. The molecule has 114 valence electrons. The SMILES string of the molecule is COc1ccc(C#CCO)c(COCC2CCCCO2)c1. The van der Waals surface area contributed by atoms with Gasteiger partial charge in [-0.05, 0) is 43.0 Å². The molecule has 0 bridgehead atoms. The van der Waals surface area contributed by atoms with Crippen LogP contribution in [0.4, 0.5) is 0 Å². The van der Waals surface area contributed by atoms with Crippen molar-refractivity contribution in [1.82, 2.24) is 0 Å². The highest BCUT2D eigenvalue weighted by atomic mass is 16.5. The van der Waals surface area contributed by atoms with E-state index in [9.17, 15) is 0 Å². The number of aliphatic hydroxyl groups excluding tert-OH is 1. The number of hydrogen-bond donors (Lipinski definition) is 1. The number of benzene rings is 1. The maximum Gasteiger partial charge on any atom is 0.119 e. The summed E-state index contributed by atoms with van der Waals surface area (Å²) >= 11 is 0. The van der Waals surface area contributed by atoms with Crippen LogP contribution in [0.3, 0.4) is 0 Å². The van der Waals surface area contributed by atoms with Gasteiger partial charge in [0.05, 0.1) is 26.4 Å². The molecule has 2 rings (SSSR count). The molecule has 21 heavy (non-hydrogen) atoms. The molecule has 0 amide bonds. The maximum absolute atomic E-state index is 8.82. The number of hydrogen-bond acceptors (Lipinski definition) is 4. The average Bonchev–Trinajstić information content (AvgIpc) is 2.54. The predicted molar refractivity (Wildman–Crippen MR) is 80.2 cm³/mol. The molecule has 1 aliphatic heterocycles. The third-order valence-corrected chi connectivity index (χ3v) is 3.45. The molecule has 4 nitrogen and oxygen atoms in total. The molecule has 0 saturated carbocycles. The molecule has 1 atom stereocenters. The van der Waals surface area contributed by atoms with Gasteiger partial charge in [0.15, 0.2) is 0 Å². The van der Waals surface area contributed by atoms with E-state index in [2.05, 4.69) is 11.8 Å². The number of ether oxygens (including phenoxy) is 3. The molecule has 1 aromatic carbocycles. The molecular formula is C17H22O4. The van der Waals surface area contributed by atoms with Gasteiger partial charge in [0.2, 0.25) is 0 Å². The highest BCUT2D eigenvalue weighted by Gasteiger charge is 2.14. The van der Waals surface area contributed by atoms with E-state index < -0.39 is 0 Å². The van der Waals surface area contributed by atoms with E-state index in [-0.39, 0.29) is 12.7 Å². The van der Waals surface area contributed by atoms with Crippen LogP contribution in [0.15, 0.2) is 18.2 Å². The van der Waals surface area contributed by atoms with Crippen molar-refractivity contribution in [2.75, 3.05) is 26.9 Å². The maximum atomic E-state index is 8.82. The Morgan fingerprint density at radius 3 is 3.00 bits per heavy atom. The largest absolute Gasteiger partial charge is 0.497 e. The van der Waals surface area contributed by atoms with Crippen LogP contribution in [0, 0.1) is 11.8 Å². The molecule has 4 heteroatoms. The molecule has 1 aliphatic rings. The number of rotatable bonds is 5. The first-order chi connectivity index (χ1) is 10.3. The third-order valence-electron chi connectivity index (χ3n) is 3.45. The van der Waals surface area contributed by atoms with Crippen LogP contribution in [-0.4, -0.2) is 38.1 Å². The van der Waals surface area contributed by atoms with Gasteiger partial charge in [0, 0.05) is 12.2 Å². The Morgan fingerprint density at radius 2 is 2.29 bits per heavy atom. The summed E-state index contributed by atoms with van der Waals surface area (Å²) in [6.45, 7) is 1.75. The van der Waals surface area contributed by atoms with Crippen molar-refractivity contribution < 1.29 is 19.3 Å². The van der Waals surface area contributed by atoms with Crippen LogP contribution >= 0.6 is 0 Å². The highest BCUT2D eigenvalue weighted by Crippen LogP contribution is 2.19. The fourth-order valence-electron chi connectivity index (χ4n) is 2.31. The fraction of sp³-hybridized carbons (Fsp3) is 0.529. The van der Waals surface area contributed by atoms with E-state index in [0.717, 1.165) is 36.3 Å². The lowest BCUT2D eigenvalue weighted by Gasteiger charge is -2.22. The lowest BCUT2D eigenvalue weighted by molar-refractivity contribution is -0.0448. The molecule has 0 aliphatic carbocycles. The molecule has 0 spiro atoms. The minimum absolute atomic E-state index is 0.151. The van der Waals surface area contributed by atoms with Crippen LogP contribution in [0.2, 0.25) is 0 Å². The fourth-order valence-corrected chi connectivity index (χ4v) is 2.31. The molecule has 0 aromatic heterocycles. The molecule has 1 fully saturated rings. The second kappa shape index (κ2) is 8.68. The Morgan fingerprint density at radius 1 is 1.38 bits per heavy atom. The van der Waals surface area contributed by atoms with Gasteiger partial charge in [-0.3, -0.25) is 0 Å². The first-order valence-corrected chi connectivity index (χ1v) is 7.29. The van der Waals surface area contributed by atoms with Crippen molar-refractivity contribution in [3.05, 3.63) is 29.3 Å². The number of aliphatic hydroxyl groups is 1. The number of methoxy groups -OCH3 is 1. The summed E-state index contributed by atoms with van der Waals surface area (Å²) in [5, 5.41) is 8.82. The lowest BCUT2D eigenvalue weighted by atomic mass is 10.1. The summed E-state index contributed by atoms with van der Waals surface area (Å²) < 4.78 is 16.6. The average molecular weight is 290 g/mol. The lowest BCUT2D eigenvalue weighted by Crippen LogP contribution is -2.24. The second-order valence-corrected chi connectivity index (χ2v) is 4.99. The van der Waals surface area contributed by atoms with Gasteiger partial charge in [0.1, 0.15) is 12.4 Å². The zero-order valence-corrected chi connectivity index (χ0v) is 12.4. The summed E-state index contributed by atoms with van der Waals surface area (Å²) in [5.41, 5.74) is 1.82. The van der Waals surface area contributed by atoms with Crippen molar-refractivity contribution in [2.24, 2.45) is 0 Å². The quantitative estimate of drug-likeness (QED) is 0.844. The van der Waals surface area contributed by atoms with Crippen LogP contribution in [0.1, 0.15) is 30.4 Å². The molecular weight excluding hydrogens is 268 g/mol. The van der Waals surface area contributed by atoms with Crippen molar-refractivity contribution in [1.29, 1.82) is 0 Å². The first-order valence-electron chi connectivity index (χ1n) is 7.29. The highest BCUT2D eigenvalue weighted by molar-refractivity contribution is 5.45. The summed E-state index contributed by atoms with van der Waals surface area (Å²) in [6.07, 6.45) is 3.62. The summed E-state index contributed by atoms with van der Waals surface area (Å²) in [6, 6.07) is 5.66. The third kappa shape index (κ3) is 5.05. The van der Waals surface area contributed by atoms with Gasteiger partial charge >= 0.3 is 0 Å². The Bertz CT molecular complexity index is 495. The molecule has 1 heterocycles. The van der Waals surface area contributed by atoms with Crippen LogP contribution in [0.5, 0.6) is 5.75 Å². The van der Waals surface area contributed by atoms with Crippen molar-refractivity contribution >= 4 is 0 Å². The van der Waals surface area contributed by atoms with Gasteiger partial charge in [-0.25, -0.2) is 0 Å². The van der Waals surface area contributed by atoms with Gasteiger partial charge < -0.3 is 19.3 Å². The van der Waals surface area contributed by atoms with Gasteiger partial charge in [0.25, 0.3) is 0 Å². The van der Waals surface area contributed by atoms with Crippen LogP contribution < -0.4 is 4.74 Å². The van der Waals surface area contributed by atoms with E-state index in [0.29, 0.717) is 13.2 Å². The van der Waals surface area contributed by atoms with Crippen molar-refractivity contribution in [2.45, 2.75) is 32.0 Å². The Hall–Kier alpha value is -1.54. The van der Waals surface area contributed by atoms with Gasteiger partial charge in [-0.15, -0.1) is 0 Å². The zero-order valence-electron chi connectivity index (χ0n) is 12.4. The minimum atomic E-state index is -0.151. The molecule has 1 saturated heterocycles. The van der Waals surface area contributed by atoms with Crippen LogP contribution in [0.25, 0.3) is 0 Å². The standard InChI is InChI=1S/C17H22O4/c1-19-16-8-7-14(5-4-9-18)15(11-16)12-20-13-17-6-2-3-10-21-17/h7-8,11,17-18H,2-3,6,9-10,12-13H2,1H3. The minimum Gasteiger partial charge on any atom is -0.497 e. The monoisotopic (exact) mass is 290 g/mol. The van der Waals surface area contributed by atoms with Gasteiger partial charge in [-0.2, -0.15) is 0 Å². The molecule has 1 unspecified atom stereocenters. The van der Waals surface area contributed by atoms with Crippen molar-refractivity contribution in [3.8, 4) is 17.6 Å². The van der Waals surface area contributed by atoms with E-state index in [1.807, 2.05) is 18.2 Å². The smallest absolute Gasteiger partial charge is 0.119 e. The van der Waals surface area contributed by atoms with E-state index in [1.54, 1.807) is 7.11 Å². The van der Waals surface area contributed by atoms with Crippen LogP contribution in [-0.2, 0) is 16.1 Å². The molecule has 1 N–H and O–H groups in total. The summed E-state index contributed by atoms with van der Waals surface area (Å²) in [5.74, 6) is 6.38. The van der Waals surface area contributed by atoms with Crippen molar-refractivity contribution in [3.63, 3.8) is 0 Å². The summed E-state index contributed by atoms with van der Waals surface area (Å²) in [4.78, 5) is 0. The van der Waals surface area contributed by atoms with E-state index >= 15 is 0 Å². The Labute approximate surface area is 126 Å². The van der Waals surface area contributed by atoms with E-state index in [4.69, 9.17) is 19.3 Å². The second-order valence-electron chi connectivity index (χ2n) is 4.99. The summed E-state index contributed by atoms with van der Waals surface area (Å²) in [7, 11) is 1.63. The zero-order chi connectivity index (χ0) is 14.9. The first kappa shape index (κ1) is 15.8. The molecule has 1 aromatic rings. The Balaban J connectivity index is 1.95.